The van der Waals surface area contributed by atoms with E-state index in [-0.39, 0.29) is 37.2 Å². The number of fused-ring (bicyclic) bond motifs is 1. The van der Waals surface area contributed by atoms with Gasteiger partial charge in [-0.3, -0.25) is 14.4 Å². The quantitative estimate of drug-likeness (QED) is 0.277. The number of hydrogen-bond donors (Lipinski definition) is 2. The largest absolute Gasteiger partial charge is 0.457 e. The number of nitrogens with one attached hydrogen (secondary N) is 1. The third kappa shape index (κ3) is 8.31. The number of aliphatic hydroxyl groups is 1. The molecule has 0 bridgehead atoms. The number of aliphatic hydroxyl groups excluding tert-OH is 1. The molecule has 1 aromatic carbocycles. The number of carbonyl (C=O) groups excluding carboxylic acids is 4. The van der Waals surface area contributed by atoms with Gasteiger partial charge in [-0.25, -0.2) is 4.79 Å². The zero-order valence-corrected chi connectivity index (χ0v) is 32.7. The minimum atomic E-state index is -1.74. The van der Waals surface area contributed by atoms with Crippen molar-refractivity contribution in [1.82, 2.24) is 10.2 Å². The van der Waals surface area contributed by atoms with Crippen LogP contribution in [0, 0.1) is 23.2 Å². The van der Waals surface area contributed by atoms with Crippen molar-refractivity contribution in [1.29, 1.82) is 0 Å². The van der Waals surface area contributed by atoms with Gasteiger partial charge in [0.1, 0.15) is 23.4 Å². The van der Waals surface area contributed by atoms with E-state index in [2.05, 4.69) is 5.32 Å². The monoisotopic (exact) mass is 728 g/mol. The van der Waals surface area contributed by atoms with Gasteiger partial charge in [-0.1, -0.05) is 70.2 Å². The highest BCUT2D eigenvalue weighted by molar-refractivity contribution is 6.05. The maximum atomic E-state index is 15.1. The van der Waals surface area contributed by atoms with Crippen LogP contribution in [0.3, 0.4) is 0 Å². The predicted molar refractivity (Wildman–Crippen MR) is 195 cm³/mol. The molecule has 3 heterocycles. The number of nitrogens with zero attached hydrogens (tertiary/aromatic N) is 1. The summed E-state index contributed by atoms with van der Waals surface area (Å²) in [5.41, 5.74) is -3.54. The lowest BCUT2D eigenvalue weighted by Crippen LogP contribution is -2.61. The van der Waals surface area contributed by atoms with Crippen LogP contribution in [0.25, 0.3) is 6.08 Å². The summed E-state index contributed by atoms with van der Waals surface area (Å²) >= 11 is 0. The molecule has 13 atom stereocenters. The molecular formula is C40H60N2O10. The van der Waals surface area contributed by atoms with E-state index < -0.39 is 82.9 Å². The van der Waals surface area contributed by atoms with Gasteiger partial charge < -0.3 is 39.0 Å². The van der Waals surface area contributed by atoms with Gasteiger partial charge in [-0.2, -0.15) is 0 Å². The second-order valence-electron chi connectivity index (χ2n) is 15.9. The third-order valence-corrected chi connectivity index (χ3v) is 11.7. The maximum Gasteiger partial charge on any atom is 0.408 e. The summed E-state index contributed by atoms with van der Waals surface area (Å²) in [6, 6.07) is 8.41. The Kier molecular flexibility index (Phi) is 13.2. The average molecular weight is 729 g/mol. The van der Waals surface area contributed by atoms with Gasteiger partial charge in [0, 0.05) is 30.9 Å². The van der Waals surface area contributed by atoms with Crippen LogP contribution >= 0.6 is 0 Å². The van der Waals surface area contributed by atoms with Crippen molar-refractivity contribution in [3.8, 4) is 0 Å². The number of ketones is 2. The second kappa shape index (κ2) is 16.5. The fourth-order valence-electron chi connectivity index (χ4n) is 8.46. The first-order valence-corrected chi connectivity index (χ1v) is 18.5. The molecule has 0 spiro atoms. The number of hydrogen-bond acceptors (Lipinski definition) is 11. The van der Waals surface area contributed by atoms with Crippen LogP contribution in [0.5, 0.6) is 0 Å². The minimum absolute atomic E-state index is 0.0114. The van der Waals surface area contributed by atoms with Crippen LogP contribution in [0.1, 0.15) is 86.6 Å². The van der Waals surface area contributed by atoms with Crippen molar-refractivity contribution in [3.05, 3.63) is 42.0 Å². The van der Waals surface area contributed by atoms with Crippen molar-refractivity contribution >= 4 is 29.7 Å². The highest BCUT2D eigenvalue weighted by Crippen LogP contribution is 2.42. The molecular weight excluding hydrogens is 668 g/mol. The van der Waals surface area contributed by atoms with Gasteiger partial charge >= 0.3 is 12.1 Å². The molecule has 1 aromatic rings. The summed E-state index contributed by atoms with van der Waals surface area (Å²) < 4.78 is 31.1. The van der Waals surface area contributed by atoms with Crippen LogP contribution in [0.15, 0.2) is 36.4 Å². The molecule has 3 fully saturated rings. The van der Waals surface area contributed by atoms with Crippen molar-refractivity contribution in [3.63, 3.8) is 0 Å². The van der Waals surface area contributed by atoms with Crippen molar-refractivity contribution in [2.45, 2.75) is 135 Å². The Morgan fingerprint density at radius 3 is 2.27 bits per heavy atom. The number of cyclic esters (lactones) is 1. The van der Waals surface area contributed by atoms with Gasteiger partial charge in [-0.15, -0.1) is 0 Å². The Morgan fingerprint density at radius 2 is 1.67 bits per heavy atom. The minimum Gasteiger partial charge on any atom is -0.457 e. The van der Waals surface area contributed by atoms with Crippen LogP contribution in [-0.4, -0.2) is 109 Å². The lowest BCUT2D eigenvalue weighted by atomic mass is 9.70. The van der Waals surface area contributed by atoms with Crippen LogP contribution in [-0.2, 0) is 38.1 Å². The van der Waals surface area contributed by atoms with Crippen LogP contribution in [0.2, 0.25) is 0 Å². The van der Waals surface area contributed by atoms with Crippen molar-refractivity contribution < 1.29 is 48.0 Å². The summed E-state index contributed by atoms with van der Waals surface area (Å²) in [5, 5.41) is 14.3. The molecule has 1 unspecified atom stereocenters. The topological polar surface area (TPSA) is 150 Å². The standard InChI is InChI=1S/C40H60N2O10/c1-12-29-40(8)32(41-37(47)52-40)25(4)30(43)23(2)22-39(7,48-11)34(51-35-31(44)28(42(9)10)21-24(3)49-35)26(5)33(45)38(6,36(46)50-29)20-16-19-27-17-14-13-15-18-27/h13-19,23-26,28-29,31-32,34-35,44H,12,20-22H2,1-11H3,(H,41,47)/b19-16+/t23-,24-,25+,26+,28+,29-,31-,32-,34-,35+,38?,39-,40-/m1/s1. The van der Waals surface area contributed by atoms with E-state index in [4.69, 9.17) is 23.7 Å². The van der Waals surface area contributed by atoms with E-state index >= 15 is 4.79 Å². The summed E-state index contributed by atoms with van der Waals surface area (Å²) in [7, 11) is 5.23. The van der Waals surface area contributed by atoms with Crippen LogP contribution in [0.4, 0.5) is 4.79 Å². The smallest absolute Gasteiger partial charge is 0.408 e. The zero-order chi connectivity index (χ0) is 38.8. The van der Waals surface area contributed by atoms with Gasteiger partial charge in [0.25, 0.3) is 0 Å². The number of esters is 1. The fraction of sp³-hybridized carbons (Fsp3) is 0.700. The molecule has 290 valence electrons. The number of likely N-dealkylation sites (N-methyl/N-ethyl adjacent to an activating group) is 1. The Morgan fingerprint density at radius 1 is 1.02 bits per heavy atom. The number of carbonyl (C=O) groups is 4. The first kappa shape index (κ1) is 41.6. The fourth-order valence-corrected chi connectivity index (χ4v) is 8.46. The molecule has 3 saturated heterocycles. The van der Waals surface area contributed by atoms with Crippen molar-refractivity contribution in [2.75, 3.05) is 21.2 Å². The number of alkyl carbamates (subject to hydrolysis) is 1. The lowest BCUT2D eigenvalue weighted by Gasteiger charge is -2.47. The van der Waals surface area contributed by atoms with E-state index in [0.29, 0.717) is 6.42 Å². The number of allylic oxidation sites excluding steroid dienone is 1. The predicted octanol–water partition coefficient (Wildman–Crippen LogP) is 4.95. The SMILES string of the molecule is CC[C@H]1OC(=O)C(C)(C/C=C/c2ccccc2)C(=O)[C@H](C)[C@@H](O[C@@H]2O[C@H](C)C[C@H](N(C)C)[C@H]2O)[C@](C)(OC)C[C@@H](C)C(=O)[C@H](C)[C@H]2NC(=O)O[C@@]21C. The van der Waals surface area contributed by atoms with E-state index in [1.807, 2.05) is 62.3 Å². The molecule has 3 aliphatic rings. The highest BCUT2D eigenvalue weighted by atomic mass is 16.7. The Hall–Kier alpha value is -3.16. The summed E-state index contributed by atoms with van der Waals surface area (Å²) in [4.78, 5) is 58.6. The first-order valence-electron chi connectivity index (χ1n) is 18.5. The summed E-state index contributed by atoms with van der Waals surface area (Å²) in [5.74, 6) is -3.84. The molecule has 4 rings (SSSR count). The average Bonchev–Trinajstić information content (AvgIpc) is 3.42. The highest BCUT2D eigenvalue weighted by Gasteiger charge is 2.59. The molecule has 3 aliphatic heterocycles. The molecule has 2 N–H and O–H groups in total. The second-order valence-corrected chi connectivity index (χ2v) is 15.9. The summed E-state index contributed by atoms with van der Waals surface area (Å²) in [6.45, 7) is 13.9. The molecule has 1 amide bonds. The third-order valence-electron chi connectivity index (χ3n) is 11.7. The molecule has 0 aromatic heterocycles. The number of Topliss-reactive ketones (excluding diaryl/α,β-unsaturated/α-hetero) is 2. The van der Waals surface area contributed by atoms with Gasteiger partial charge in [-0.05, 0) is 73.0 Å². The Bertz CT molecular complexity index is 1470. The molecule has 0 aliphatic carbocycles. The van der Waals surface area contributed by atoms with Gasteiger partial charge in [0.15, 0.2) is 17.7 Å². The van der Waals surface area contributed by atoms with Gasteiger partial charge in [0.05, 0.1) is 23.9 Å². The molecule has 0 radical (unpaired) electrons. The molecule has 52 heavy (non-hydrogen) atoms. The van der Waals surface area contributed by atoms with E-state index in [9.17, 15) is 19.5 Å². The molecule has 12 heteroatoms. The first-order chi connectivity index (χ1) is 24.3. The van der Waals surface area contributed by atoms with E-state index in [1.165, 1.54) is 7.11 Å². The normalized spacial score (nSPS) is 40.9. The van der Waals surface area contributed by atoms with Crippen LogP contribution < -0.4 is 5.32 Å². The summed E-state index contributed by atoms with van der Waals surface area (Å²) in [6.07, 6.45) is -0.720. The number of rotatable bonds is 8. The molecule has 0 saturated carbocycles. The van der Waals surface area contributed by atoms with E-state index in [1.54, 1.807) is 54.5 Å². The maximum absolute atomic E-state index is 15.1. The Balaban J connectivity index is 1.87. The van der Waals surface area contributed by atoms with E-state index in [0.717, 1.165) is 5.56 Å². The van der Waals surface area contributed by atoms with Gasteiger partial charge in [0.2, 0.25) is 0 Å². The molecule has 12 nitrogen and oxygen atoms in total. The number of benzene rings is 1. The lowest BCUT2D eigenvalue weighted by molar-refractivity contribution is -0.295. The zero-order valence-electron chi connectivity index (χ0n) is 32.7. The number of methoxy groups -OCH3 is 1. The number of ether oxygens (including phenoxy) is 5. The number of amides is 1. The van der Waals surface area contributed by atoms with Crippen molar-refractivity contribution in [2.24, 2.45) is 23.2 Å². The Labute approximate surface area is 308 Å².